The molecule has 0 unspecified atom stereocenters. The van der Waals surface area contributed by atoms with Crippen LogP contribution in [0.25, 0.3) is 0 Å². The van der Waals surface area contributed by atoms with Gasteiger partial charge < -0.3 is 24.3 Å². The first-order valence-corrected chi connectivity index (χ1v) is 11.1. The molecule has 0 radical (unpaired) electrons. The fourth-order valence-corrected chi connectivity index (χ4v) is 4.63. The average Bonchev–Trinajstić information content (AvgIpc) is 2.78. The van der Waals surface area contributed by atoms with E-state index in [-0.39, 0.29) is 18.3 Å². The Hall–Kier alpha value is -3.29. The molecule has 178 valence electrons. The van der Waals surface area contributed by atoms with E-state index in [0.717, 1.165) is 0 Å². The Morgan fingerprint density at radius 1 is 1.12 bits per heavy atom. The van der Waals surface area contributed by atoms with Crippen molar-refractivity contribution in [2.75, 3.05) is 27.4 Å². The van der Waals surface area contributed by atoms with Gasteiger partial charge in [-0.15, -0.1) is 0 Å². The number of esters is 2. The highest BCUT2D eigenvalue weighted by molar-refractivity contribution is 6.12. The first-order valence-electron chi connectivity index (χ1n) is 11.1. The molecule has 3 rings (SSSR count). The standard InChI is InChI=1S/C25H31NO7/c1-7-32-17-10-9-15(12-18(17)30-5)21-20(25(29)33-8-2)14(4)26-16-11-13(3)19(24(28)31-6)23(27)22(16)21/h9-10,12-13,19,21,26H,7-8,11H2,1-6H3/t13-,19-,21-/m0/s1. The molecule has 1 aromatic rings. The first kappa shape index (κ1) is 24.4. The van der Waals surface area contributed by atoms with Gasteiger partial charge in [-0.1, -0.05) is 13.0 Å². The van der Waals surface area contributed by atoms with Crippen molar-refractivity contribution in [2.24, 2.45) is 11.8 Å². The second-order valence-electron chi connectivity index (χ2n) is 8.10. The quantitative estimate of drug-likeness (QED) is 0.492. The predicted molar refractivity (Wildman–Crippen MR) is 121 cm³/mol. The third-order valence-corrected chi connectivity index (χ3v) is 6.06. The zero-order valence-electron chi connectivity index (χ0n) is 19.9. The molecule has 8 heteroatoms. The summed E-state index contributed by atoms with van der Waals surface area (Å²) in [6, 6.07) is 5.32. The number of allylic oxidation sites excluding steroid dienone is 3. The molecule has 0 bridgehead atoms. The van der Waals surface area contributed by atoms with Crippen LogP contribution in [0.2, 0.25) is 0 Å². The molecule has 8 nitrogen and oxygen atoms in total. The van der Waals surface area contributed by atoms with Crippen molar-refractivity contribution in [1.82, 2.24) is 5.32 Å². The summed E-state index contributed by atoms with van der Waals surface area (Å²) >= 11 is 0. The topological polar surface area (TPSA) is 100 Å². The molecule has 0 saturated carbocycles. The number of benzene rings is 1. The summed E-state index contributed by atoms with van der Waals surface area (Å²) in [5, 5.41) is 3.24. The molecule has 0 fully saturated rings. The van der Waals surface area contributed by atoms with Crippen LogP contribution in [0.15, 0.2) is 40.7 Å². The van der Waals surface area contributed by atoms with Crippen LogP contribution in [-0.2, 0) is 23.9 Å². The largest absolute Gasteiger partial charge is 0.493 e. The van der Waals surface area contributed by atoms with E-state index < -0.39 is 23.8 Å². The SMILES string of the molecule is CCOC(=O)C1=C(C)NC2=C(C(=O)[C@@H](C(=O)OC)[C@@H](C)C2)[C@H]1c1ccc(OCC)c(OC)c1. The monoisotopic (exact) mass is 457 g/mol. The Bertz CT molecular complexity index is 1020. The van der Waals surface area contributed by atoms with Crippen LogP contribution in [0, 0.1) is 11.8 Å². The Morgan fingerprint density at radius 2 is 1.85 bits per heavy atom. The molecule has 3 atom stereocenters. The maximum absolute atomic E-state index is 13.7. The number of hydrogen-bond donors (Lipinski definition) is 1. The van der Waals surface area contributed by atoms with Gasteiger partial charge in [0.05, 0.1) is 33.0 Å². The van der Waals surface area contributed by atoms with Gasteiger partial charge in [0.25, 0.3) is 0 Å². The summed E-state index contributed by atoms with van der Waals surface area (Å²) in [4.78, 5) is 39.2. The number of carbonyl (C=O) groups is 3. The van der Waals surface area contributed by atoms with Crippen molar-refractivity contribution < 1.29 is 33.3 Å². The van der Waals surface area contributed by atoms with Crippen molar-refractivity contribution in [3.8, 4) is 11.5 Å². The molecule has 1 aliphatic heterocycles. The lowest BCUT2D eigenvalue weighted by atomic mass is 9.69. The maximum Gasteiger partial charge on any atom is 0.336 e. The van der Waals surface area contributed by atoms with E-state index in [4.69, 9.17) is 18.9 Å². The lowest BCUT2D eigenvalue weighted by Crippen LogP contribution is -2.43. The Balaban J connectivity index is 2.21. The Morgan fingerprint density at radius 3 is 2.45 bits per heavy atom. The molecule has 0 spiro atoms. The van der Waals surface area contributed by atoms with E-state index in [2.05, 4.69) is 5.32 Å². The molecule has 1 heterocycles. The van der Waals surface area contributed by atoms with Gasteiger partial charge in [0.2, 0.25) is 0 Å². The normalized spacial score (nSPS) is 22.4. The summed E-state index contributed by atoms with van der Waals surface area (Å²) in [5.74, 6) is -2.32. The number of Topliss-reactive ketones (excluding diaryl/α,β-unsaturated/α-hetero) is 1. The summed E-state index contributed by atoms with van der Waals surface area (Å²) < 4.78 is 21.4. The average molecular weight is 458 g/mol. The van der Waals surface area contributed by atoms with Gasteiger partial charge >= 0.3 is 11.9 Å². The van der Waals surface area contributed by atoms with Gasteiger partial charge in [0, 0.05) is 22.9 Å². The van der Waals surface area contributed by atoms with E-state index in [1.165, 1.54) is 14.2 Å². The number of nitrogens with one attached hydrogen (secondary N) is 1. The van der Waals surface area contributed by atoms with Crippen molar-refractivity contribution >= 4 is 17.7 Å². The number of rotatable bonds is 7. The molecule has 33 heavy (non-hydrogen) atoms. The van der Waals surface area contributed by atoms with E-state index in [1.54, 1.807) is 32.0 Å². The third-order valence-electron chi connectivity index (χ3n) is 6.06. The second kappa shape index (κ2) is 10.1. The second-order valence-corrected chi connectivity index (χ2v) is 8.10. The number of ether oxygens (including phenoxy) is 4. The molecule has 2 aliphatic rings. The number of carbonyl (C=O) groups excluding carboxylic acids is 3. The van der Waals surface area contributed by atoms with Gasteiger partial charge in [-0.2, -0.15) is 0 Å². The first-order chi connectivity index (χ1) is 15.8. The predicted octanol–water partition coefficient (Wildman–Crippen LogP) is 3.27. The van der Waals surface area contributed by atoms with Crippen molar-refractivity contribution in [1.29, 1.82) is 0 Å². The van der Waals surface area contributed by atoms with Crippen LogP contribution in [0.1, 0.15) is 45.6 Å². The Kier molecular flexibility index (Phi) is 7.46. The van der Waals surface area contributed by atoms with Crippen molar-refractivity contribution in [2.45, 2.75) is 40.0 Å². The van der Waals surface area contributed by atoms with Crippen molar-refractivity contribution in [3.63, 3.8) is 0 Å². The van der Waals surface area contributed by atoms with Crippen LogP contribution in [0.5, 0.6) is 11.5 Å². The van der Waals surface area contributed by atoms with Crippen LogP contribution in [0.4, 0.5) is 0 Å². The van der Waals surface area contributed by atoms with E-state index in [0.29, 0.717) is 52.6 Å². The third kappa shape index (κ3) is 4.47. The highest BCUT2D eigenvalue weighted by Gasteiger charge is 2.47. The van der Waals surface area contributed by atoms with Gasteiger partial charge in [-0.05, 0) is 50.8 Å². The number of dihydropyridines is 1. The van der Waals surface area contributed by atoms with Crippen LogP contribution in [0.3, 0.4) is 0 Å². The molecule has 1 N–H and O–H groups in total. The number of hydrogen-bond acceptors (Lipinski definition) is 8. The van der Waals surface area contributed by atoms with Crippen LogP contribution >= 0.6 is 0 Å². The minimum Gasteiger partial charge on any atom is -0.493 e. The lowest BCUT2D eigenvalue weighted by molar-refractivity contribution is -0.151. The number of ketones is 1. The summed E-state index contributed by atoms with van der Waals surface area (Å²) in [6.45, 7) is 7.89. The van der Waals surface area contributed by atoms with E-state index >= 15 is 0 Å². The maximum atomic E-state index is 13.7. The zero-order chi connectivity index (χ0) is 24.3. The Labute approximate surface area is 193 Å². The molecule has 1 aliphatic carbocycles. The van der Waals surface area contributed by atoms with Gasteiger partial charge in [-0.25, -0.2) is 4.79 Å². The fraction of sp³-hybridized carbons (Fsp3) is 0.480. The highest BCUT2D eigenvalue weighted by atomic mass is 16.5. The molecular formula is C25H31NO7. The number of methoxy groups -OCH3 is 2. The fourth-order valence-electron chi connectivity index (χ4n) is 4.63. The molecule has 0 aromatic heterocycles. The summed E-state index contributed by atoms with van der Waals surface area (Å²) in [5.41, 5.74) is 2.69. The lowest BCUT2D eigenvalue weighted by Gasteiger charge is -2.38. The highest BCUT2D eigenvalue weighted by Crippen LogP contribution is 2.46. The minimum atomic E-state index is -0.940. The van der Waals surface area contributed by atoms with Crippen molar-refractivity contribution in [3.05, 3.63) is 46.3 Å². The van der Waals surface area contributed by atoms with Crippen LogP contribution < -0.4 is 14.8 Å². The van der Waals surface area contributed by atoms with E-state index in [9.17, 15) is 14.4 Å². The summed E-state index contributed by atoms with van der Waals surface area (Å²) in [7, 11) is 2.80. The zero-order valence-corrected chi connectivity index (χ0v) is 19.9. The van der Waals surface area contributed by atoms with Gasteiger partial charge in [-0.3, -0.25) is 9.59 Å². The smallest absolute Gasteiger partial charge is 0.336 e. The van der Waals surface area contributed by atoms with Crippen LogP contribution in [-0.4, -0.2) is 45.2 Å². The van der Waals surface area contributed by atoms with E-state index in [1.807, 2.05) is 13.8 Å². The molecular weight excluding hydrogens is 426 g/mol. The van der Waals surface area contributed by atoms with Gasteiger partial charge in [0.15, 0.2) is 17.3 Å². The molecule has 0 saturated heterocycles. The minimum absolute atomic E-state index is 0.191. The molecule has 1 aromatic carbocycles. The summed E-state index contributed by atoms with van der Waals surface area (Å²) in [6.07, 6.45) is 0.471. The molecule has 0 amide bonds. The van der Waals surface area contributed by atoms with Gasteiger partial charge in [0.1, 0.15) is 5.92 Å².